The number of benzene rings is 1. The summed E-state index contributed by atoms with van der Waals surface area (Å²) in [6.07, 6.45) is 1.73. The summed E-state index contributed by atoms with van der Waals surface area (Å²) >= 11 is 0. The molecule has 0 aromatic heterocycles. The Morgan fingerprint density at radius 2 is 2.06 bits per heavy atom. The van der Waals surface area contributed by atoms with Gasteiger partial charge in [0.25, 0.3) is 0 Å². The second kappa shape index (κ2) is 5.68. The molecule has 0 aliphatic heterocycles. The number of aliphatic imine (C=N–C) groups is 1. The maximum absolute atomic E-state index is 5.63. The Labute approximate surface area is 104 Å². The van der Waals surface area contributed by atoms with Crippen molar-refractivity contribution >= 4 is 14.5 Å². The molecule has 4 heteroatoms. The van der Waals surface area contributed by atoms with E-state index < -0.39 is 8.32 Å². The van der Waals surface area contributed by atoms with Crippen molar-refractivity contribution < 1.29 is 9.16 Å². The first kappa shape index (κ1) is 13.5. The summed E-state index contributed by atoms with van der Waals surface area (Å²) in [6, 6.07) is 7.67. The SMILES string of the molecule is C=C(N=Cc1cccc(OC)c1)O[Si](C)(C)C. The van der Waals surface area contributed by atoms with Crippen molar-refractivity contribution in [3.8, 4) is 5.75 Å². The minimum atomic E-state index is -1.61. The van der Waals surface area contributed by atoms with E-state index in [1.54, 1.807) is 13.3 Å². The van der Waals surface area contributed by atoms with Crippen molar-refractivity contribution in [2.75, 3.05) is 7.11 Å². The summed E-state index contributed by atoms with van der Waals surface area (Å²) in [5.74, 6) is 1.28. The third-order valence-corrected chi connectivity index (χ3v) is 2.72. The molecule has 0 heterocycles. The third-order valence-electron chi connectivity index (χ3n) is 1.88. The summed E-state index contributed by atoms with van der Waals surface area (Å²) < 4.78 is 10.8. The van der Waals surface area contributed by atoms with Crippen LogP contribution >= 0.6 is 0 Å². The zero-order chi connectivity index (χ0) is 12.9. The maximum atomic E-state index is 5.63. The van der Waals surface area contributed by atoms with Gasteiger partial charge < -0.3 is 9.16 Å². The highest BCUT2D eigenvalue weighted by atomic mass is 28.4. The van der Waals surface area contributed by atoms with E-state index in [1.807, 2.05) is 24.3 Å². The van der Waals surface area contributed by atoms with Crippen molar-refractivity contribution in [1.29, 1.82) is 0 Å². The van der Waals surface area contributed by atoms with Crippen LogP contribution in [0.1, 0.15) is 5.56 Å². The number of rotatable bonds is 5. The van der Waals surface area contributed by atoms with Crippen LogP contribution in [0.2, 0.25) is 19.6 Å². The van der Waals surface area contributed by atoms with Gasteiger partial charge in [-0.1, -0.05) is 12.1 Å². The zero-order valence-electron chi connectivity index (χ0n) is 10.9. The van der Waals surface area contributed by atoms with Crippen LogP contribution in [0.15, 0.2) is 41.7 Å². The minimum absolute atomic E-state index is 0.465. The van der Waals surface area contributed by atoms with E-state index in [9.17, 15) is 0 Å². The van der Waals surface area contributed by atoms with Gasteiger partial charge in [-0.3, -0.25) is 0 Å². The number of hydrogen-bond donors (Lipinski definition) is 0. The smallest absolute Gasteiger partial charge is 0.244 e. The molecule has 17 heavy (non-hydrogen) atoms. The van der Waals surface area contributed by atoms with Gasteiger partial charge >= 0.3 is 0 Å². The lowest BCUT2D eigenvalue weighted by Crippen LogP contribution is -2.24. The molecule has 0 unspecified atom stereocenters. The molecule has 1 rings (SSSR count). The van der Waals surface area contributed by atoms with Crippen LogP contribution in [-0.2, 0) is 4.43 Å². The van der Waals surface area contributed by atoms with Crippen LogP contribution in [0.5, 0.6) is 5.75 Å². The molecule has 0 aliphatic rings. The van der Waals surface area contributed by atoms with Gasteiger partial charge in [0.2, 0.25) is 8.32 Å². The molecular formula is C13H19NO2Si. The topological polar surface area (TPSA) is 30.8 Å². The molecular weight excluding hydrogens is 230 g/mol. The Bertz CT molecular complexity index is 422. The summed E-state index contributed by atoms with van der Waals surface area (Å²) in [5, 5.41) is 0. The van der Waals surface area contributed by atoms with Crippen molar-refractivity contribution in [2.24, 2.45) is 4.99 Å². The fourth-order valence-corrected chi connectivity index (χ4v) is 2.01. The summed E-state index contributed by atoms with van der Waals surface area (Å²) in [4.78, 5) is 4.19. The first-order chi connectivity index (χ1) is 7.90. The Kier molecular flexibility index (Phi) is 4.51. The number of nitrogens with zero attached hydrogens (tertiary/aromatic N) is 1. The van der Waals surface area contributed by atoms with E-state index in [0.717, 1.165) is 11.3 Å². The van der Waals surface area contributed by atoms with Gasteiger partial charge in [0, 0.05) is 6.21 Å². The first-order valence-corrected chi connectivity index (χ1v) is 8.87. The van der Waals surface area contributed by atoms with E-state index in [0.29, 0.717) is 5.88 Å². The average Bonchev–Trinajstić information content (AvgIpc) is 2.24. The standard InChI is InChI=1S/C13H19NO2Si/c1-11(16-17(3,4)5)14-10-12-7-6-8-13(9-12)15-2/h6-10H,1H2,2-5H3. The number of hydrogen-bond acceptors (Lipinski definition) is 3. The maximum Gasteiger partial charge on any atom is 0.244 e. The molecule has 0 saturated heterocycles. The largest absolute Gasteiger partial charge is 0.532 e. The fraction of sp³-hybridized carbons (Fsp3) is 0.308. The van der Waals surface area contributed by atoms with E-state index in [2.05, 4.69) is 31.2 Å². The molecule has 1 aromatic carbocycles. The van der Waals surface area contributed by atoms with E-state index in [-0.39, 0.29) is 0 Å². The molecule has 0 saturated carbocycles. The van der Waals surface area contributed by atoms with Crippen molar-refractivity contribution in [2.45, 2.75) is 19.6 Å². The molecule has 1 aromatic rings. The summed E-state index contributed by atoms with van der Waals surface area (Å²) in [6.45, 7) is 10.1. The second-order valence-electron chi connectivity index (χ2n) is 4.64. The molecule has 0 amide bonds. The van der Waals surface area contributed by atoms with Crippen LogP contribution in [0.25, 0.3) is 0 Å². The van der Waals surface area contributed by atoms with Gasteiger partial charge in [0.15, 0.2) is 5.88 Å². The lowest BCUT2D eigenvalue weighted by atomic mass is 10.2. The minimum Gasteiger partial charge on any atom is -0.532 e. The highest BCUT2D eigenvalue weighted by Gasteiger charge is 2.16. The summed E-state index contributed by atoms with van der Waals surface area (Å²) in [5.41, 5.74) is 0.963. The highest BCUT2D eigenvalue weighted by molar-refractivity contribution is 6.70. The molecule has 0 radical (unpaired) electrons. The molecule has 0 bridgehead atoms. The Balaban J connectivity index is 2.67. The zero-order valence-corrected chi connectivity index (χ0v) is 11.9. The van der Waals surface area contributed by atoms with E-state index >= 15 is 0 Å². The van der Waals surface area contributed by atoms with Gasteiger partial charge in [-0.2, -0.15) is 0 Å². The molecule has 0 aliphatic carbocycles. The predicted octanol–water partition coefficient (Wildman–Crippen LogP) is 3.44. The van der Waals surface area contributed by atoms with Gasteiger partial charge in [-0.25, -0.2) is 4.99 Å². The number of ether oxygens (including phenoxy) is 1. The quantitative estimate of drug-likeness (QED) is 0.455. The Morgan fingerprint density at radius 3 is 2.65 bits per heavy atom. The lowest BCUT2D eigenvalue weighted by Gasteiger charge is -2.17. The van der Waals surface area contributed by atoms with Gasteiger partial charge in [0.1, 0.15) is 5.75 Å². The molecule has 92 valence electrons. The first-order valence-electron chi connectivity index (χ1n) is 5.47. The Hall–Kier alpha value is -1.55. The molecule has 0 fully saturated rings. The lowest BCUT2D eigenvalue weighted by molar-refractivity contribution is 0.414. The highest BCUT2D eigenvalue weighted by Crippen LogP contribution is 2.12. The van der Waals surface area contributed by atoms with Gasteiger partial charge in [-0.15, -0.1) is 0 Å². The van der Waals surface area contributed by atoms with Crippen molar-refractivity contribution in [1.82, 2.24) is 0 Å². The molecule has 0 atom stereocenters. The monoisotopic (exact) mass is 249 g/mol. The second-order valence-corrected chi connectivity index (χ2v) is 9.07. The molecule has 0 spiro atoms. The van der Waals surface area contributed by atoms with Crippen LogP contribution in [0.4, 0.5) is 0 Å². The molecule has 0 N–H and O–H groups in total. The Morgan fingerprint density at radius 1 is 1.35 bits per heavy atom. The van der Waals surface area contributed by atoms with Crippen LogP contribution in [0.3, 0.4) is 0 Å². The third kappa shape index (κ3) is 5.35. The van der Waals surface area contributed by atoms with Gasteiger partial charge in [-0.05, 0) is 43.9 Å². The van der Waals surface area contributed by atoms with Crippen LogP contribution in [0, 0.1) is 0 Å². The fourth-order valence-electron chi connectivity index (χ4n) is 1.25. The molecule has 3 nitrogen and oxygen atoms in total. The predicted molar refractivity (Wildman–Crippen MR) is 74.2 cm³/mol. The normalized spacial score (nSPS) is 11.5. The number of methoxy groups -OCH3 is 1. The average molecular weight is 249 g/mol. The van der Waals surface area contributed by atoms with E-state index in [4.69, 9.17) is 9.16 Å². The van der Waals surface area contributed by atoms with Gasteiger partial charge in [0.05, 0.1) is 7.11 Å². The van der Waals surface area contributed by atoms with Crippen LogP contribution in [-0.4, -0.2) is 21.6 Å². The summed E-state index contributed by atoms with van der Waals surface area (Å²) in [7, 11) is 0.0281. The van der Waals surface area contributed by atoms with Crippen LogP contribution < -0.4 is 4.74 Å². The van der Waals surface area contributed by atoms with Crippen molar-refractivity contribution in [3.05, 3.63) is 42.3 Å². The van der Waals surface area contributed by atoms with Crippen molar-refractivity contribution in [3.63, 3.8) is 0 Å². The van der Waals surface area contributed by atoms with E-state index in [1.165, 1.54) is 0 Å².